The molecule has 136 valence electrons. The summed E-state index contributed by atoms with van der Waals surface area (Å²) in [4.78, 5) is 37.4. The maximum Gasteiger partial charge on any atom is 0.315 e. The Morgan fingerprint density at radius 1 is 1.28 bits per heavy atom. The van der Waals surface area contributed by atoms with Gasteiger partial charge in [0, 0.05) is 11.0 Å². The quantitative estimate of drug-likeness (QED) is 0.482. The van der Waals surface area contributed by atoms with Gasteiger partial charge in [0.15, 0.2) is 5.60 Å². The molecule has 1 saturated heterocycles. The largest absolute Gasteiger partial charge is 0.481 e. The Balaban J connectivity index is 2.27. The number of carbonyl (C=O) groups excluding carboxylic acids is 2. The second-order valence-electron chi connectivity index (χ2n) is 8.73. The molecule has 2 fully saturated rings. The minimum absolute atomic E-state index is 0.275. The van der Waals surface area contributed by atoms with Crippen molar-refractivity contribution in [2.75, 3.05) is 0 Å². The number of allylic oxidation sites excluding steroid dienone is 2. The Kier molecular flexibility index (Phi) is 3.79. The van der Waals surface area contributed by atoms with Gasteiger partial charge in [0.05, 0.1) is 5.92 Å². The van der Waals surface area contributed by atoms with Gasteiger partial charge >= 0.3 is 11.9 Å². The summed E-state index contributed by atoms with van der Waals surface area (Å²) in [5.74, 6) is -2.27. The van der Waals surface area contributed by atoms with Crippen LogP contribution in [0.25, 0.3) is 0 Å². The van der Waals surface area contributed by atoms with Crippen molar-refractivity contribution in [3.8, 4) is 0 Å². The molecule has 5 nitrogen and oxygen atoms in total. The summed E-state index contributed by atoms with van der Waals surface area (Å²) in [5.41, 5.74) is -3.37. The summed E-state index contributed by atoms with van der Waals surface area (Å²) in [6, 6.07) is 0. The first kappa shape index (κ1) is 17.9. The van der Waals surface area contributed by atoms with Crippen LogP contribution in [0.15, 0.2) is 24.3 Å². The van der Waals surface area contributed by atoms with E-state index in [1.54, 1.807) is 12.2 Å². The van der Waals surface area contributed by atoms with Crippen LogP contribution in [0.4, 0.5) is 0 Å². The summed E-state index contributed by atoms with van der Waals surface area (Å²) in [6.07, 6.45) is 6.89. The summed E-state index contributed by atoms with van der Waals surface area (Å²) >= 11 is 0. The Hall–Kier alpha value is -1.91. The van der Waals surface area contributed by atoms with Gasteiger partial charge in [-0.25, -0.2) is 0 Å². The SMILES string of the molecule is C=C[C@]1(C)C=C(C=O)[C@@]2(CC1)OC(=O)[C@H]1C(C)(C)CCC[C@@]12C(=O)O. The van der Waals surface area contributed by atoms with Crippen molar-refractivity contribution < 1.29 is 24.2 Å². The average Bonchev–Trinajstić information content (AvgIpc) is 2.81. The lowest BCUT2D eigenvalue weighted by Gasteiger charge is -2.51. The molecule has 0 unspecified atom stereocenters. The first-order valence-corrected chi connectivity index (χ1v) is 8.87. The Bertz CT molecular complexity index is 690. The summed E-state index contributed by atoms with van der Waals surface area (Å²) in [5, 5.41) is 10.3. The number of rotatable bonds is 3. The number of aliphatic carboxylic acids is 1. The van der Waals surface area contributed by atoms with Crippen LogP contribution in [0.2, 0.25) is 0 Å². The van der Waals surface area contributed by atoms with E-state index in [4.69, 9.17) is 4.74 Å². The number of hydrogen-bond donors (Lipinski definition) is 1. The number of carboxylic acid groups (broad SMARTS) is 1. The number of carbonyl (C=O) groups is 3. The highest BCUT2D eigenvalue weighted by atomic mass is 16.6. The molecule has 1 saturated carbocycles. The zero-order valence-electron chi connectivity index (χ0n) is 15.1. The fourth-order valence-corrected chi connectivity index (χ4v) is 5.47. The fourth-order valence-electron chi connectivity index (χ4n) is 5.47. The molecule has 0 bridgehead atoms. The molecule has 0 aromatic carbocycles. The van der Waals surface area contributed by atoms with Gasteiger partial charge in [-0.3, -0.25) is 14.4 Å². The standard InChI is InChI=1S/C20H26O5/c1-5-18(4)9-10-20(13(11-18)12-21)19(16(23)24)8-6-7-17(2,3)14(19)15(22)25-20/h5,11-12,14H,1,6-10H2,2-4H3,(H,23,24)/t14-,18-,19-,20+/m0/s1. The average molecular weight is 346 g/mol. The van der Waals surface area contributed by atoms with Crippen LogP contribution in [-0.4, -0.2) is 28.9 Å². The highest BCUT2D eigenvalue weighted by Crippen LogP contribution is 2.66. The zero-order valence-corrected chi connectivity index (χ0v) is 15.1. The van der Waals surface area contributed by atoms with Crippen molar-refractivity contribution in [3.63, 3.8) is 0 Å². The highest BCUT2D eigenvalue weighted by Gasteiger charge is 2.76. The third kappa shape index (κ3) is 2.10. The van der Waals surface area contributed by atoms with E-state index >= 15 is 0 Å². The number of fused-ring (bicyclic) bond motifs is 2. The van der Waals surface area contributed by atoms with E-state index in [1.807, 2.05) is 20.8 Å². The fraction of sp³-hybridized carbons (Fsp3) is 0.650. The summed E-state index contributed by atoms with van der Waals surface area (Å²) in [6.45, 7) is 9.63. The smallest absolute Gasteiger partial charge is 0.315 e. The van der Waals surface area contributed by atoms with Crippen molar-refractivity contribution in [3.05, 3.63) is 24.3 Å². The molecule has 0 amide bonds. The molecule has 3 rings (SSSR count). The Morgan fingerprint density at radius 2 is 1.96 bits per heavy atom. The van der Waals surface area contributed by atoms with E-state index in [0.717, 1.165) is 6.42 Å². The second-order valence-corrected chi connectivity index (χ2v) is 8.73. The van der Waals surface area contributed by atoms with Crippen LogP contribution < -0.4 is 0 Å². The van der Waals surface area contributed by atoms with E-state index in [9.17, 15) is 19.5 Å². The van der Waals surface area contributed by atoms with E-state index in [-0.39, 0.29) is 5.57 Å². The van der Waals surface area contributed by atoms with Gasteiger partial charge < -0.3 is 9.84 Å². The van der Waals surface area contributed by atoms with Gasteiger partial charge in [0.2, 0.25) is 0 Å². The van der Waals surface area contributed by atoms with Gasteiger partial charge in [-0.1, -0.05) is 39.3 Å². The lowest BCUT2D eigenvalue weighted by atomic mass is 9.48. The molecule has 0 aromatic rings. The number of carboxylic acids is 1. The first-order chi connectivity index (χ1) is 11.6. The molecule has 25 heavy (non-hydrogen) atoms. The molecule has 0 radical (unpaired) electrons. The molecule has 1 aliphatic heterocycles. The normalized spacial score (nSPS) is 42.3. The molecule has 1 N–H and O–H groups in total. The van der Waals surface area contributed by atoms with Gasteiger partial charge in [0.1, 0.15) is 11.7 Å². The monoisotopic (exact) mass is 346 g/mol. The zero-order chi connectivity index (χ0) is 18.7. The predicted molar refractivity (Wildman–Crippen MR) is 91.7 cm³/mol. The van der Waals surface area contributed by atoms with Gasteiger partial charge in [0.25, 0.3) is 0 Å². The number of ether oxygens (including phenoxy) is 1. The van der Waals surface area contributed by atoms with Crippen LogP contribution in [0.3, 0.4) is 0 Å². The first-order valence-electron chi connectivity index (χ1n) is 8.87. The van der Waals surface area contributed by atoms with Crippen LogP contribution in [-0.2, 0) is 19.1 Å². The van der Waals surface area contributed by atoms with Crippen molar-refractivity contribution in [1.82, 2.24) is 0 Å². The molecule has 0 aromatic heterocycles. The predicted octanol–water partition coefficient (Wildman–Crippen LogP) is 3.29. The van der Waals surface area contributed by atoms with E-state index < -0.39 is 39.7 Å². The number of aldehydes is 1. The maximum atomic E-state index is 12.9. The second kappa shape index (κ2) is 5.29. The Morgan fingerprint density at radius 3 is 2.52 bits per heavy atom. The van der Waals surface area contributed by atoms with Gasteiger partial charge in [-0.2, -0.15) is 0 Å². The minimum atomic E-state index is -1.39. The molecule has 1 heterocycles. The third-order valence-electron chi connectivity index (χ3n) is 6.84. The van der Waals surface area contributed by atoms with E-state index in [2.05, 4.69) is 6.58 Å². The molecular formula is C20H26O5. The topological polar surface area (TPSA) is 80.7 Å². The van der Waals surface area contributed by atoms with Crippen LogP contribution in [0, 0.1) is 22.2 Å². The van der Waals surface area contributed by atoms with Gasteiger partial charge in [-0.15, -0.1) is 6.58 Å². The molecule has 1 spiro atoms. The van der Waals surface area contributed by atoms with Crippen molar-refractivity contribution in [2.24, 2.45) is 22.2 Å². The van der Waals surface area contributed by atoms with Crippen molar-refractivity contribution in [2.45, 2.75) is 58.5 Å². The maximum absolute atomic E-state index is 12.9. The number of hydrogen-bond acceptors (Lipinski definition) is 4. The van der Waals surface area contributed by atoms with Crippen LogP contribution in [0.5, 0.6) is 0 Å². The van der Waals surface area contributed by atoms with Gasteiger partial charge in [-0.05, 0) is 31.1 Å². The third-order valence-corrected chi connectivity index (χ3v) is 6.84. The Labute approximate surface area is 148 Å². The van der Waals surface area contributed by atoms with E-state index in [1.165, 1.54) is 0 Å². The lowest BCUT2D eigenvalue weighted by Crippen LogP contribution is -2.60. The summed E-state index contributed by atoms with van der Waals surface area (Å²) < 4.78 is 5.82. The van der Waals surface area contributed by atoms with E-state index in [0.29, 0.717) is 32.0 Å². The molecule has 4 atom stereocenters. The molecular weight excluding hydrogens is 320 g/mol. The number of esters is 1. The minimum Gasteiger partial charge on any atom is -0.481 e. The van der Waals surface area contributed by atoms with Crippen LogP contribution in [0.1, 0.15) is 52.9 Å². The highest BCUT2D eigenvalue weighted by molar-refractivity contribution is 5.94. The lowest BCUT2D eigenvalue weighted by molar-refractivity contribution is -0.170. The molecule has 2 aliphatic carbocycles. The van der Waals surface area contributed by atoms with Crippen LogP contribution >= 0.6 is 0 Å². The van der Waals surface area contributed by atoms with Crippen molar-refractivity contribution >= 4 is 18.2 Å². The van der Waals surface area contributed by atoms with Crippen molar-refractivity contribution in [1.29, 1.82) is 0 Å². The molecule has 5 heteroatoms. The molecule has 3 aliphatic rings. The summed E-state index contributed by atoms with van der Waals surface area (Å²) in [7, 11) is 0.